The standard InChI is InChI=1S/C20H33N7S2.HI/c1-6-16-24-19(29-25-16)27-12-10-26(11-13-27)18(21-7-2)22-9-8-17-23-15(14-28-17)20(3,4)5;/h14H,6-13H2,1-5H3,(H,21,22);1H. The van der Waals surface area contributed by atoms with Crippen LogP contribution in [-0.4, -0.2) is 64.5 Å². The van der Waals surface area contributed by atoms with Gasteiger partial charge < -0.3 is 15.1 Å². The van der Waals surface area contributed by atoms with Crippen molar-refractivity contribution in [1.82, 2.24) is 24.6 Å². The molecule has 0 aliphatic carbocycles. The summed E-state index contributed by atoms with van der Waals surface area (Å²) >= 11 is 3.26. The number of guanidine groups is 1. The number of piperazine rings is 1. The van der Waals surface area contributed by atoms with Crippen molar-refractivity contribution < 1.29 is 0 Å². The highest BCUT2D eigenvalue weighted by molar-refractivity contribution is 14.0. The molecule has 0 aromatic carbocycles. The second-order valence-corrected chi connectivity index (χ2v) is 9.86. The largest absolute Gasteiger partial charge is 0.357 e. The number of nitrogens with one attached hydrogen (secondary N) is 1. The Labute approximate surface area is 205 Å². The van der Waals surface area contributed by atoms with Crippen LogP contribution in [0.1, 0.15) is 51.1 Å². The highest BCUT2D eigenvalue weighted by Crippen LogP contribution is 2.24. The lowest BCUT2D eigenvalue weighted by molar-refractivity contribution is 0.372. The molecule has 2 aromatic heterocycles. The van der Waals surface area contributed by atoms with E-state index in [9.17, 15) is 0 Å². The first-order chi connectivity index (χ1) is 13.9. The number of rotatable bonds is 6. The lowest BCUT2D eigenvalue weighted by atomic mass is 9.93. The van der Waals surface area contributed by atoms with Crippen LogP contribution in [0.4, 0.5) is 5.13 Å². The summed E-state index contributed by atoms with van der Waals surface area (Å²) in [6.45, 7) is 16.3. The van der Waals surface area contributed by atoms with E-state index in [0.29, 0.717) is 0 Å². The molecule has 0 bridgehead atoms. The summed E-state index contributed by atoms with van der Waals surface area (Å²) in [5, 5.41) is 7.84. The Morgan fingerprint density at radius 3 is 2.47 bits per heavy atom. The van der Waals surface area contributed by atoms with Crippen LogP contribution in [0.15, 0.2) is 10.4 Å². The van der Waals surface area contributed by atoms with Gasteiger partial charge in [-0.2, -0.15) is 4.37 Å². The van der Waals surface area contributed by atoms with Gasteiger partial charge in [-0.3, -0.25) is 4.99 Å². The number of aryl methyl sites for hydroxylation is 1. The zero-order valence-electron chi connectivity index (χ0n) is 18.6. The number of hydrogen-bond acceptors (Lipinski definition) is 7. The van der Waals surface area contributed by atoms with E-state index in [0.717, 1.165) is 69.0 Å². The minimum Gasteiger partial charge on any atom is -0.357 e. The van der Waals surface area contributed by atoms with E-state index in [1.807, 2.05) is 0 Å². The van der Waals surface area contributed by atoms with Crippen LogP contribution in [0.2, 0.25) is 0 Å². The molecule has 168 valence electrons. The summed E-state index contributed by atoms with van der Waals surface area (Å²) < 4.78 is 4.41. The zero-order chi connectivity index (χ0) is 20.9. The maximum Gasteiger partial charge on any atom is 0.205 e. The van der Waals surface area contributed by atoms with Gasteiger partial charge in [0.1, 0.15) is 5.82 Å². The Bertz CT molecular complexity index is 804. The first kappa shape index (κ1) is 25.3. The molecule has 2 aromatic rings. The number of halogens is 1. The molecular weight excluding hydrogens is 529 g/mol. The lowest BCUT2D eigenvalue weighted by Crippen LogP contribution is -2.52. The van der Waals surface area contributed by atoms with Gasteiger partial charge in [-0.1, -0.05) is 27.7 Å². The van der Waals surface area contributed by atoms with Gasteiger partial charge in [0.2, 0.25) is 5.13 Å². The smallest absolute Gasteiger partial charge is 0.205 e. The van der Waals surface area contributed by atoms with Crippen molar-refractivity contribution in [2.24, 2.45) is 4.99 Å². The maximum absolute atomic E-state index is 4.87. The predicted octanol–water partition coefficient (Wildman–Crippen LogP) is 3.80. The highest BCUT2D eigenvalue weighted by atomic mass is 127. The van der Waals surface area contributed by atoms with Crippen molar-refractivity contribution in [3.63, 3.8) is 0 Å². The molecule has 10 heteroatoms. The van der Waals surface area contributed by atoms with Crippen molar-refractivity contribution in [2.45, 2.75) is 52.9 Å². The molecule has 0 amide bonds. The van der Waals surface area contributed by atoms with Crippen LogP contribution in [0.3, 0.4) is 0 Å². The van der Waals surface area contributed by atoms with Crippen molar-refractivity contribution in [3.8, 4) is 0 Å². The molecule has 30 heavy (non-hydrogen) atoms. The van der Waals surface area contributed by atoms with Crippen LogP contribution in [0, 0.1) is 0 Å². The van der Waals surface area contributed by atoms with Gasteiger partial charge in [0.15, 0.2) is 5.96 Å². The van der Waals surface area contributed by atoms with E-state index in [-0.39, 0.29) is 29.4 Å². The average molecular weight is 564 g/mol. The first-order valence-electron chi connectivity index (χ1n) is 10.5. The molecule has 7 nitrogen and oxygen atoms in total. The fourth-order valence-electron chi connectivity index (χ4n) is 3.08. The Morgan fingerprint density at radius 1 is 1.17 bits per heavy atom. The Kier molecular flexibility index (Phi) is 9.73. The van der Waals surface area contributed by atoms with Gasteiger partial charge in [0.05, 0.1) is 10.7 Å². The molecule has 1 fully saturated rings. The zero-order valence-corrected chi connectivity index (χ0v) is 22.6. The van der Waals surface area contributed by atoms with Crippen LogP contribution >= 0.6 is 46.8 Å². The van der Waals surface area contributed by atoms with Crippen molar-refractivity contribution in [3.05, 3.63) is 21.9 Å². The quantitative estimate of drug-likeness (QED) is 0.328. The van der Waals surface area contributed by atoms with Gasteiger partial charge >= 0.3 is 0 Å². The van der Waals surface area contributed by atoms with Crippen LogP contribution in [-0.2, 0) is 18.3 Å². The third-order valence-corrected chi connectivity index (χ3v) is 6.59. The molecule has 1 aliphatic rings. The second kappa shape index (κ2) is 11.6. The number of anilines is 1. The molecule has 3 heterocycles. The summed E-state index contributed by atoms with van der Waals surface area (Å²) in [4.78, 5) is 19.0. The molecule has 0 unspecified atom stereocenters. The Balaban J connectivity index is 0.00000320. The highest BCUT2D eigenvalue weighted by Gasteiger charge is 2.22. The van der Waals surface area contributed by atoms with Crippen molar-refractivity contribution in [2.75, 3.05) is 44.2 Å². The second-order valence-electron chi connectivity index (χ2n) is 8.18. The Hall–Kier alpha value is -1.01. The first-order valence-corrected chi connectivity index (χ1v) is 12.1. The third-order valence-electron chi connectivity index (χ3n) is 4.87. The number of hydrogen-bond donors (Lipinski definition) is 1. The Morgan fingerprint density at radius 2 is 1.90 bits per heavy atom. The van der Waals surface area contributed by atoms with E-state index >= 15 is 0 Å². The minimum absolute atomic E-state index is 0. The number of aromatic nitrogens is 3. The molecule has 0 atom stereocenters. The summed E-state index contributed by atoms with van der Waals surface area (Å²) in [5.74, 6) is 1.95. The van der Waals surface area contributed by atoms with Gasteiger partial charge in [-0.25, -0.2) is 9.97 Å². The van der Waals surface area contributed by atoms with E-state index in [4.69, 9.17) is 9.98 Å². The summed E-state index contributed by atoms with van der Waals surface area (Å²) in [5.41, 5.74) is 1.28. The molecule has 0 spiro atoms. The number of thiazole rings is 1. The molecule has 0 saturated carbocycles. The fourth-order valence-corrected chi connectivity index (χ4v) is 4.90. The lowest BCUT2D eigenvalue weighted by Gasteiger charge is -2.36. The van der Waals surface area contributed by atoms with E-state index in [2.05, 4.69) is 64.5 Å². The molecular formula is C20H34IN7S2. The van der Waals surface area contributed by atoms with E-state index in [1.54, 1.807) is 11.3 Å². The summed E-state index contributed by atoms with van der Waals surface area (Å²) in [6, 6.07) is 0. The SMILES string of the molecule is CCNC(=NCCc1nc(C(C)(C)C)cs1)N1CCN(c2nc(CC)ns2)CC1.I. The van der Waals surface area contributed by atoms with Crippen molar-refractivity contribution in [1.29, 1.82) is 0 Å². The molecule has 1 N–H and O–H groups in total. The number of nitrogens with zero attached hydrogens (tertiary/aromatic N) is 6. The van der Waals surface area contributed by atoms with Crippen LogP contribution in [0.25, 0.3) is 0 Å². The van der Waals surface area contributed by atoms with Crippen molar-refractivity contribution >= 4 is 57.9 Å². The summed E-state index contributed by atoms with van der Waals surface area (Å²) in [6.07, 6.45) is 1.78. The maximum atomic E-state index is 4.87. The number of aliphatic imine (C=N–C) groups is 1. The minimum atomic E-state index is 0. The molecule has 0 radical (unpaired) electrons. The topological polar surface area (TPSA) is 69.5 Å². The molecule has 1 aliphatic heterocycles. The van der Waals surface area contributed by atoms with Gasteiger partial charge in [0, 0.05) is 74.4 Å². The van der Waals surface area contributed by atoms with E-state index < -0.39 is 0 Å². The van der Waals surface area contributed by atoms with E-state index in [1.165, 1.54) is 22.2 Å². The van der Waals surface area contributed by atoms with Crippen LogP contribution < -0.4 is 10.2 Å². The predicted molar refractivity (Wildman–Crippen MR) is 139 cm³/mol. The molecule has 3 rings (SSSR count). The van der Waals surface area contributed by atoms with Gasteiger partial charge in [0.25, 0.3) is 0 Å². The fraction of sp³-hybridized carbons (Fsp3) is 0.700. The van der Waals surface area contributed by atoms with Crippen LogP contribution in [0.5, 0.6) is 0 Å². The van der Waals surface area contributed by atoms with Gasteiger partial charge in [-0.05, 0) is 6.92 Å². The average Bonchev–Trinajstić information content (AvgIpc) is 3.37. The normalized spacial score (nSPS) is 15.3. The third kappa shape index (κ3) is 6.74. The monoisotopic (exact) mass is 563 g/mol. The summed E-state index contributed by atoms with van der Waals surface area (Å²) in [7, 11) is 0. The molecule has 1 saturated heterocycles. The van der Waals surface area contributed by atoms with Gasteiger partial charge in [-0.15, -0.1) is 35.3 Å².